The van der Waals surface area contributed by atoms with Crippen LogP contribution in [-0.2, 0) is 20.9 Å². The average molecular weight is 500 g/mol. The minimum Gasteiger partial charge on any atom is -0.466 e. The van der Waals surface area contributed by atoms with E-state index >= 15 is 0 Å². The summed E-state index contributed by atoms with van der Waals surface area (Å²) in [5.74, 6) is -0.880. The molecule has 2 aromatic heterocycles. The Hall–Kier alpha value is -4.45. The quantitative estimate of drug-likeness (QED) is 0.302. The van der Waals surface area contributed by atoms with Crippen molar-refractivity contribution < 1.29 is 14.3 Å². The first kappa shape index (κ1) is 25.6. The highest BCUT2D eigenvalue weighted by atomic mass is 16.5. The number of piperidine rings is 1. The predicted octanol–water partition coefficient (Wildman–Crippen LogP) is 3.01. The fourth-order valence-corrected chi connectivity index (χ4v) is 4.46. The van der Waals surface area contributed by atoms with Gasteiger partial charge in [-0.05, 0) is 50.0 Å². The predicted molar refractivity (Wildman–Crippen MR) is 140 cm³/mol. The van der Waals surface area contributed by atoms with Crippen LogP contribution in [0.2, 0.25) is 0 Å². The van der Waals surface area contributed by atoms with Gasteiger partial charge in [-0.2, -0.15) is 5.26 Å². The van der Waals surface area contributed by atoms with E-state index in [1.807, 2.05) is 54.3 Å². The molecule has 1 saturated heterocycles. The van der Waals surface area contributed by atoms with Crippen molar-refractivity contribution in [1.29, 1.82) is 5.26 Å². The zero-order valence-corrected chi connectivity index (χ0v) is 20.9. The number of carbonyl (C=O) groups is 2. The first-order valence-electron chi connectivity index (χ1n) is 12.3. The van der Waals surface area contributed by atoms with Crippen LogP contribution in [0.4, 0.5) is 5.82 Å². The van der Waals surface area contributed by atoms with Crippen molar-refractivity contribution in [3.05, 3.63) is 81.3 Å². The van der Waals surface area contributed by atoms with Gasteiger partial charge in [0.05, 0.1) is 18.1 Å². The third-order valence-corrected chi connectivity index (χ3v) is 6.35. The molecule has 3 aromatic rings. The maximum atomic E-state index is 13.6. The number of hydrogen-bond acceptors (Lipinski definition) is 7. The summed E-state index contributed by atoms with van der Waals surface area (Å²) in [6, 6.07) is 14.9. The molecule has 0 bridgehead atoms. The van der Waals surface area contributed by atoms with Crippen LogP contribution in [-0.4, -0.2) is 41.0 Å². The summed E-state index contributed by atoms with van der Waals surface area (Å²) in [5, 5.41) is 12.5. The third kappa shape index (κ3) is 5.70. The summed E-state index contributed by atoms with van der Waals surface area (Å²) in [6.45, 7) is 5.07. The fourth-order valence-electron chi connectivity index (χ4n) is 4.46. The van der Waals surface area contributed by atoms with Gasteiger partial charge >= 0.3 is 5.97 Å². The van der Waals surface area contributed by atoms with Gasteiger partial charge in [-0.1, -0.05) is 36.4 Å². The molecular weight excluding hydrogens is 470 g/mol. The van der Waals surface area contributed by atoms with Crippen molar-refractivity contribution in [3.63, 3.8) is 0 Å². The van der Waals surface area contributed by atoms with Crippen LogP contribution in [0, 0.1) is 24.2 Å². The van der Waals surface area contributed by atoms with Crippen LogP contribution >= 0.6 is 0 Å². The zero-order chi connectivity index (χ0) is 26.4. The van der Waals surface area contributed by atoms with Crippen LogP contribution in [0.15, 0.2) is 59.0 Å². The van der Waals surface area contributed by atoms with Gasteiger partial charge in [0, 0.05) is 25.8 Å². The van der Waals surface area contributed by atoms with E-state index < -0.39 is 11.5 Å². The molecule has 0 radical (unpaired) electrons. The largest absolute Gasteiger partial charge is 0.466 e. The molecule has 0 spiro atoms. The van der Waals surface area contributed by atoms with Gasteiger partial charge in [-0.25, -0.2) is 4.98 Å². The van der Waals surface area contributed by atoms with Gasteiger partial charge < -0.3 is 15.0 Å². The second-order valence-corrected chi connectivity index (χ2v) is 8.91. The Morgan fingerprint density at radius 2 is 2.03 bits per heavy atom. The molecule has 0 saturated carbocycles. The number of carbonyl (C=O) groups excluding carboxylic acids is 2. The van der Waals surface area contributed by atoms with Crippen molar-refractivity contribution in [1.82, 2.24) is 14.7 Å². The molecule has 4 rings (SSSR count). The lowest BCUT2D eigenvalue weighted by molar-refractivity contribution is -0.148. The monoisotopic (exact) mass is 499 g/mol. The topological polar surface area (TPSA) is 117 Å². The number of nitrogens with zero attached hydrogens (tertiary/aromatic N) is 4. The number of amides is 1. The molecular formula is C28H29N5O4. The lowest BCUT2D eigenvalue weighted by atomic mass is 9.97. The maximum absolute atomic E-state index is 13.6. The number of nitrogens with one attached hydrogen (secondary N) is 1. The van der Waals surface area contributed by atoms with Gasteiger partial charge in [0.15, 0.2) is 0 Å². The number of esters is 1. The maximum Gasteiger partial charge on any atom is 0.310 e. The Bertz CT molecular complexity index is 1440. The molecule has 1 aliphatic heterocycles. The highest BCUT2D eigenvalue weighted by Crippen LogP contribution is 2.26. The van der Waals surface area contributed by atoms with E-state index in [4.69, 9.17) is 9.72 Å². The molecule has 9 nitrogen and oxygen atoms in total. The molecule has 190 valence electrons. The number of fused-ring (bicyclic) bond motifs is 1. The average Bonchev–Trinajstić information content (AvgIpc) is 2.92. The molecule has 1 atom stereocenters. The van der Waals surface area contributed by atoms with E-state index in [2.05, 4.69) is 5.32 Å². The number of anilines is 1. The van der Waals surface area contributed by atoms with E-state index in [-0.39, 0.29) is 29.6 Å². The van der Waals surface area contributed by atoms with Crippen LogP contribution in [0.3, 0.4) is 0 Å². The van der Waals surface area contributed by atoms with Gasteiger partial charge in [-0.15, -0.1) is 0 Å². The fraction of sp³-hybridized carbons (Fsp3) is 0.321. The minimum absolute atomic E-state index is 0.124. The number of rotatable bonds is 7. The Kier molecular flexibility index (Phi) is 7.98. The summed E-state index contributed by atoms with van der Waals surface area (Å²) in [7, 11) is 0. The lowest BCUT2D eigenvalue weighted by Gasteiger charge is -2.33. The minimum atomic E-state index is -0.589. The normalized spacial score (nSPS) is 15.8. The molecule has 1 fully saturated rings. The van der Waals surface area contributed by atoms with E-state index in [9.17, 15) is 19.6 Å². The Morgan fingerprint density at radius 1 is 1.24 bits per heavy atom. The summed E-state index contributed by atoms with van der Waals surface area (Å²) in [4.78, 5) is 45.6. The van der Waals surface area contributed by atoms with E-state index in [0.29, 0.717) is 44.0 Å². The van der Waals surface area contributed by atoms with Gasteiger partial charge in [-0.3, -0.25) is 18.8 Å². The number of benzene rings is 1. The first-order valence-corrected chi connectivity index (χ1v) is 12.3. The van der Waals surface area contributed by atoms with Crippen LogP contribution in [0.1, 0.15) is 36.5 Å². The smallest absolute Gasteiger partial charge is 0.310 e. The second kappa shape index (κ2) is 11.5. The lowest BCUT2D eigenvalue weighted by Crippen LogP contribution is -2.41. The molecule has 37 heavy (non-hydrogen) atoms. The van der Waals surface area contributed by atoms with Gasteiger partial charge in [0.1, 0.15) is 23.1 Å². The number of aryl methyl sites for hydroxylation is 1. The summed E-state index contributed by atoms with van der Waals surface area (Å²) in [5.41, 5.74) is 1.68. The van der Waals surface area contributed by atoms with E-state index in [1.54, 1.807) is 19.2 Å². The molecule has 9 heteroatoms. The number of pyridine rings is 1. The van der Waals surface area contributed by atoms with Gasteiger partial charge in [0.2, 0.25) is 0 Å². The summed E-state index contributed by atoms with van der Waals surface area (Å²) >= 11 is 0. The van der Waals surface area contributed by atoms with E-state index in [1.165, 1.54) is 10.5 Å². The third-order valence-electron chi connectivity index (χ3n) is 6.35. The molecule has 1 aromatic carbocycles. The van der Waals surface area contributed by atoms with Crippen LogP contribution in [0.25, 0.3) is 11.7 Å². The number of hydrogen-bond donors (Lipinski definition) is 1. The zero-order valence-electron chi connectivity index (χ0n) is 20.9. The first-order chi connectivity index (χ1) is 17.9. The molecule has 0 aliphatic carbocycles. The van der Waals surface area contributed by atoms with Crippen molar-refractivity contribution in [2.75, 3.05) is 24.6 Å². The van der Waals surface area contributed by atoms with E-state index in [0.717, 1.165) is 11.1 Å². The van der Waals surface area contributed by atoms with Crippen molar-refractivity contribution in [2.24, 2.45) is 5.92 Å². The highest BCUT2D eigenvalue weighted by molar-refractivity contribution is 6.02. The molecule has 1 N–H and O–H groups in total. The molecule has 1 amide bonds. The molecule has 1 aliphatic rings. The molecule has 3 heterocycles. The summed E-state index contributed by atoms with van der Waals surface area (Å²) in [6.07, 6.45) is 4.30. The highest BCUT2D eigenvalue weighted by Gasteiger charge is 2.30. The van der Waals surface area contributed by atoms with Crippen LogP contribution in [0.5, 0.6) is 0 Å². The summed E-state index contributed by atoms with van der Waals surface area (Å²) < 4.78 is 6.64. The Balaban J connectivity index is 1.75. The van der Waals surface area contributed by atoms with Crippen molar-refractivity contribution in [2.45, 2.75) is 33.2 Å². The number of nitriles is 1. The standard InChI is InChI=1S/C28H29N5O4/c1-3-37-28(36)21-12-8-13-32(18-21)25-23(27(35)33-14-7-9-19(2)24(33)31-25)15-22(16-29)26(34)30-17-20-10-5-4-6-11-20/h4-7,9-11,14-15,21H,3,8,12-13,17-18H2,1-2H3,(H,30,34)/b22-15+/t21-/m0/s1. The molecule has 0 unspecified atom stereocenters. The van der Waals surface area contributed by atoms with Crippen molar-refractivity contribution >= 4 is 29.4 Å². The Labute approximate surface area is 215 Å². The van der Waals surface area contributed by atoms with Crippen LogP contribution < -0.4 is 15.8 Å². The second-order valence-electron chi connectivity index (χ2n) is 8.91. The number of ether oxygens (including phenoxy) is 1. The van der Waals surface area contributed by atoms with Crippen molar-refractivity contribution in [3.8, 4) is 6.07 Å². The number of aromatic nitrogens is 2. The van der Waals surface area contributed by atoms with Gasteiger partial charge in [0.25, 0.3) is 11.5 Å². The SMILES string of the molecule is CCOC(=O)[C@H]1CCCN(c2nc3c(C)cccn3c(=O)c2/C=C(\C#N)C(=O)NCc2ccccc2)C1. The Morgan fingerprint density at radius 3 is 2.76 bits per heavy atom.